The number of nitrogens with zero attached hydrogens (tertiary/aromatic N) is 1. The van der Waals surface area contributed by atoms with Crippen molar-refractivity contribution in [3.63, 3.8) is 0 Å². The van der Waals surface area contributed by atoms with Crippen molar-refractivity contribution in [3.05, 3.63) is 36.3 Å². The first kappa shape index (κ1) is 12.6. The van der Waals surface area contributed by atoms with Crippen LogP contribution in [-0.2, 0) is 0 Å². The average Bonchev–Trinajstić information content (AvgIpc) is 2.88. The van der Waals surface area contributed by atoms with Crippen LogP contribution in [0.3, 0.4) is 0 Å². The Balaban J connectivity index is 2.33. The number of H-pyrrole nitrogens is 1. The van der Waals surface area contributed by atoms with Gasteiger partial charge in [0.15, 0.2) is 0 Å². The molecule has 0 saturated carbocycles. The number of hydrogen-bond donors (Lipinski definition) is 2. The van der Waals surface area contributed by atoms with Gasteiger partial charge in [-0.25, -0.2) is 4.98 Å². The highest BCUT2D eigenvalue weighted by Gasteiger charge is 2.11. The molecule has 0 spiro atoms. The van der Waals surface area contributed by atoms with Crippen molar-refractivity contribution >= 4 is 0 Å². The Morgan fingerprint density at radius 1 is 1.39 bits per heavy atom. The third-order valence-corrected chi connectivity index (χ3v) is 2.89. The van der Waals surface area contributed by atoms with Gasteiger partial charge in [0, 0.05) is 18.0 Å². The van der Waals surface area contributed by atoms with E-state index in [4.69, 9.17) is 10.5 Å². The molecule has 0 fully saturated rings. The molecule has 1 heterocycles. The number of aromatic nitrogens is 2. The van der Waals surface area contributed by atoms with Crippen LogP contribution in [0.25, 0.3) is 11.3 Å². The molecule has 3 N–H and O–H groups in total. The molecule has 2 aromatic rings. The summed E-state index contributed by atoms with van der Waals surface area (Å²) in [5.74, 6) is 2.02. The Kier molecular flexibility index (Phi) is 3.99. The van der Waals surface area contributed by atoms with Gasteiger partial charge in [0.2, 0.25) is 0 Å². The second-order valence-corrected chi connectivity index (χ2v) is 4.25. The van der Waals surface area contributed by atoms with E-state index in [1.165, 1.54) is 0 Å². The van der Waals surface area contributed by atoms with Crippen LogP contribution in [-0.4, -0.2) is 23.1 Å². The molecule has 0 amide bonds. The van der Waals surface area contributed by atoms with Gasteiger partial charge in [-0.05, 0) is 19.1 Å². The molecule has 0 aliphatic rings. The van der Waals surface area contributed by atoms with Crippen molar-refractivity contribution in [1.82, 2.24) is 9.97 Å². The van der Waals surface area contributed by atoms with E-state index in [1.807, 2.05) is 37.4 Å². The van der Waals surface area contributed by atoms with Crippen LogP contribution in [0.15, 0.2) is 30.5 Å². The predicted octanol–water partition coefficient (Wildman–Crippen LogP) is 2.54. The van der Waals surface area contributed by atoms with E-state index in [2.05, 4.69) is 16.9 Å². The molecular weight excluding hydrogens is 226 g/mol. The molecule has 1 aromatic heterocycles. The largest absolute Gasteiger partial charge is 0.493 e. The van der Waals surface area contributed by atoms with Gasteiger partial charge in [-0.15, -0.1) is 0 Å². The third-order valence-electron chi connectivity index (χ3n) is 2.89. The first-order chi connectivity index (χ1) is 8.76. The van der Waals surface area contributed by atoms with Crippen molar-refractivity contribution in [2.45, 2.75) is 19.8 Å². The Bertz CT molecular complexity index is 507. The van der Waals surface area contributed by atoms with E-state index in [0.717, 1.165) is 22.8 Å². The summed E-state index contributed by atoms with van der Waals surface area (Å²) in [5, 5.41) is 0. The minimum absolute atomic E-state index is 0.234. The van der Waals surface area contributed by atoms with Gasteiger partial charge in [-0.1, -0.05) is 19.1 Å². The minimum Gasteiger partial charge on any atom is -0.493 e. The van der Waals surface area contributed by atoms with Crippen molar-refractivity contribution in [2.75, 3.05) is 13.2 Å². The monoisotopic (exact) mass is 245 g/mol. The second kappa shape index (κ2) is 5.69. The fourth-order valence-electron chi connectivity index (χ4n) is 1.81. The van der Waals surface area contributed by atoms with Crippen LogP contribution in [0.5, 0.6) is 5.75 Å². The van der Waals surface area contributed by atoms with Gasteiger partial charge in [-0.3, -0.25) is 0 Å². The predicted molar refractivity (Wildman–Crippen MR) is 72.7 cm³/mol. The molecule has 1 aromatic carbocycles. The molecule has 1 atom stereocenters. The van der Waals surface area contributed by atoms with E-state index >= 15 is 0 Å². The Morgan fingerprint density at radius 3 is 2.89 bits per heavy atom. The smallest absolute Gasteiger partial charge is 0.128 e. The zero-order chi connectivity index (χ0) is 13.0. The molecule has 2 rings (SSSR count). The molecule has 0 aliphatic carbocycles. The molecule has 0 aliphatic heterocycles. The highest BCUT2D eigenvalue weighted by molar-refractivity contribution is 5.66. The molecule has 18 heavy (non-hydrogen) atoms. The first-order valence-corrected chi connectivity index (χ1v) is 6.23. The summed E-state index contributed by atoms with van der Waals surface area (Å²) in [4.78, 5) is 7.68. The third kappa shape index (κ3) is 2.54. The summed E-state index contributed by atoms with van der Waals surface area (Å²) in [5.41, 5.74) is 7.64. The van der Waals surface area contributed by atoms with Crippen LogP contribution >= 0.6 is 0 Å². The number of rotatable bonds is 5. The maximum absolute atomic E-state index is 5.64. The first-order valence-electron chi connectivity index (χ1n) is 6.23. The van der Waals surface area contributed by atoms with Crippen LogP contribution in [0.2, 0.25) is 0 Å². The summed E-state index contributed by atoms with van der Waals surface area (Å²) in [6.07, 6.45) is 1.83. The van der Waals surface area contributed by atoms with Crippen LogP contribution in [0.1, 0.15) is 25.6 Å². The number of aromatic amines is 1. The summed E-state index contributed by atoms with van der Waals surface area (Å²) in [6.45, 7) is 5.26. The van der Waals surface area contributed by atoms with Crippen LogP contribution in [0.4, 0.5) is 0 Å². The zero-order valence-electron chi connectivity index (χ0n) is 10.8. The van der Waals surface area contributed by atoms with Gasteiger partial charge in [0.25, 0.3) is 0 Å². The number of hydrogen-bond acceptors (Lipinski definition) is 3. The quantitative estimate of drug-likeness (QED) is 0.850. The summed E-state index contributed by atoms with van der Waals surface area (Å²) in [6, 6.07) is 7.94. The summed E-state index contributed by atoms with van der Waals surface area (Å²) >= 11 is 0. The summed E-state index contributed by atoms with van der Waals surface area (Å²) in [7, 11) is 0. The van der Waals surface area contributed by atoms with Crippen LogP contribution < -0.4 is 10.5 Å². The molecule has 0 bridgehead atoms. The van der Waals surface area contributed by atoms with Gasteiger partial charge in [-0.2, -0.15) is 0 Å². The topological polar surface area (TPSA) is 63.9 Å². The highest BCUT2D eigenvalue weighted by atomic mass is 16.5. The Labute approximate surface area is 107 Å². The lowest BCUT2D eigenvalue weighted by molar-refractivity contribution is 0.341. The van der Waals surface area contributed by atoms with E-state index in [1.54, 1.807) is 0 Å². The second-order valence-electron chi connectivity index (χ2n) is 4.25. The minimum atomic E-state index is 0.234. The van der Waals surface area contributed by atoms with E-state index in [-0.39, 0.29) is 5.92 Å². The summed E-state index contributed by atoms with van der Waals surface area (Å²) < 4.78 is 5.62. The fourth-order valence-corrected chi connectivity index (χ4v) is 1.81. The van der Waals surface area contributed by atoms with Gasteiger partial charge in [0.05, 0.1) is 18.5 Å². The molecule has 4 nitrogen and oxygen atoms in total. The normalized spacial score (nSPS) is 12.4. The number of nitrogens with one attached hydrogen (secondary N) is 1. The van der Waals surface area contributed by atoms with Gasteiger partial charge >= 0.3 is 0 Å². The number of ether oxygens (including phenoxy) is 1. The SMILES string of the molecule is CCOc1ccccc1-c1cnc(C(C)CN)[nH]1. The molecule has 1 unspecified atom stereocenters. The zero-order valence-corrected chi connectivity index (χ0v) is 10.8. The lowest BCUT2D eigenvalue weighted by Crippen LogP contribution is -2.10. The maximum Gasteiger partial charge on any atom is 0.128 e. The van der Waals surface area contributed by atoms with Crippen molar-refractivity contribution < 1.29 is 4.74 Å². The lowest BCUT2D eigenvalue weighted by atomic mass is 10.1. The number of para-hydroxylation sites is 1. The van der Waals surface area contributed by atoms with E-state index in [0.29, 0.717) is 13.2 Å². The van der Waals surface area contributed by atoms with Gasteiger partial charge < -0.3 is 15.5 Å². The molecular formula is C14H19N3O. The lowest BCUT2D eigenvalue weighted by Gasteiger charge is -2.08. The number of imidazole rings is 1. The van der Waals surface area contributed by atoms with Crippen molar-refractivity contribution in [3.8, 4) is 17.0 Å². The number of nitrogens with two attached hydrogens (primary N) is 1. The van der Waals surface area contributed by atoms with E-state index < -0.39 is 0 Å². The van der Waals surface area contributed by atoms with Crippen molar-refractivity contribution in [2.24, 2.45) is 5.73 Å². The fraction of sp³-hybridized carbons (Fsp3) is 0.357. The van der Waals surface area contributed by atoms with Crippen LogP contribution in [0, 0.1) is 0 Å². The standard InChI is InChI=1S/C14H19N3O/c1-3-18-13-7-5-4-6-11(13)12-9-16-14(17-12)10(2)8-15/h4-7,9-10H,3,8,15H2,1-2H3,(H,16,17). The number of benzene rings is 1. The van der Waals surface area contributed by atoms with Gasteiger partial charge in [0.1, 0.15) is 11.6 Å². The molecule has 0 radical (unpaired) electrons. The molecule has 96 valence electrons. The average molecular weight is 245 g/mol. The Morgan fingerprint density at radius 2 is 2.17 bits per heavy atom. The van der Waals surface area contributed by atoms with E-state index in [9.17, 15) is 0 Å². The molecule has 0 saturated heterocycles. The van der Waals surface area contributed by atoms with Crippen molar-refractivity contribution in [1.29, 1.82) is 0 Å². The molecule has 4 heteroatoms. The maximum atomic E-state index is 5.64. The Hall–Kier alpha value is -1.81. The highest BCUT2D eigenvalue weighted by Crippen LogP contribution is 2.29.